The first kappa shape index (κ1) is 18.1. The Morgan fingerprint density at radius 1 is 1.00 bits per heavy atom. The molecule has 0 aliphatic carbocycles. The number of carbonyl (C=O) groups is 2. The number of alkyl halides is 3. The van der Waals surface area contributed by atoms with Gasteiger partial charge in [-0.3, -0.25) is 4.79 Å². The Labute approximate surface area is 140 Å². The molecule has 0 unspecified atom stereocenters. The lowest BCUT2D eigenvalue weighted by molar-refractivity contribution is -0.299. The van der Waals surface area contributed by atoms with E-state index in [2.05, 4.69) is 10.1 Å². The zero-order valence-corrected chi connectivity index (χ0v) is 12.5. The molecule has 2 rings (SSSR count). The predicted octanol–water partition coefficient (Wildman–Crippen LogP) is 2.51. The van der Waals surface area contributed by atoms with Gasteiger partial charge < -0.3 is 20.0 Å². The van der Waals surface area contributed by atoms with E-state index in [0.717, 1.165) is 18.2 Å². The number of hydrogen-bond donors (Lipinski definition) is 1. The molecular weight excluding hydrogens is 339 g/mol. The van der Waals surface area contributed by atoms with Gasteiger partial charge >= 0.3 is 6.36 Å². The third-order valence-electron chi connectivity index (χ3n) is 2.92. The summed E-state index contributed by atoms with van der Waals surface area (Å²) in [6.45, 7) is 0. The Hall–Kier alpha value is -3.29. The topological polar surface area (TPSA) is 78.5 Å². The average molecular weight is 350 g/mol. The van der Waals surface area contributed by atoms with E-state index in [1.165, 1.54) is 24.3 Å². The normalized spacial score (nSPS) is 11.7. The van der Waals surface area contributed by atoms with E-state index >= 15 is 0 Å². The Morgan fingerprint density at radius 2 is 1.60 bits per heavy atom. The molecule has 0 spiro atoms. The van der Waals surface area contributed by atoms with Gasteiger partial charge in [0.05, 0.1) is 11.7 Å². The highest BCUT2D eigenvalue weighted by Crippen LogP contribution is 2.24. The maximum Gasteiger partial charge on any atom is 0.573 e. The van der Waals surface area contributed by atoms with Crippen molar-refractivity contribution >= 4 is 17.4 Å². The van der Waals surface area contributed by atoms with E-state index in [0.29, 0.717) is 0 Å². The van der Waals surface area contributed by atoms with E-state index < -0.39 is 29.6 Å². The van der Waals surface area contributed by atoms with Crippen LogP contribution in [0, 0.1) is 0 Å². The molecule has 0 aromatic heterocycles. The van der Waals surface area contributed by atoms with Crippen LogP contribution in [0.1, 0.15) is 10.4 Å². The number of anilines is 1. The molecule has 0 saturated carbocycles. The second kappa shape index (κ2) is 7.52. The number of nitrogens with one attached hydrogen (secondary N) is 1. The SMILES string of the molecule is O=C([O-])/C(=C\C(=O)c1ccccc1)Nc1ccc(OC(F)(F)F)cc1. The van der Waals surface area contributed by atoms with Crippen LogP contribution < -0.4 is 15.2 Å². The standard InChI is InChI=1S/C17H12F3NO4/c18-17(19,20)25-13-8-6-12(7-9-13)21-14(16(23)24)10-15(22)11-4-2-1-3-5-11/h1-10,21H,(H,23,24)/p-1/b14-10+. The Kier molecular flexibility index (Phi) is 5.43. The molecule has 0 radical (unpaired) electrons. The molecule has 1 N–H and O–H groups in total. The number of rotatable bonds is 6. The monoisotopic (exact) mass is 350 g/mol. The first-order chi connectivity index (χ1) is 11.7. The third-order valence-corrected chi connectivity index (χ3v) is 2.92. The smallest absolute Gasteiger partial charge is 0.543 e. The van der Waals surface area contributed by atoms with Crippen LogP contribution in [0.25, 0.3) is 0 Å². The molecule has 0 fully saturated rings. The lowest BCUT2D eigenvalue weighted by Crippen LogP contribution is -2.29. The Morgan fingerprint density at radius 3 is 2.12 bits per heavy atom. The van der Waals surface area contributed by atoms with Crippen LogP contribution in [-0.4, -0.2) is 18.1 Å². The van der Waals surface area contributed by atoms with Gasteiger partial charge in [0.2, 0.25) is 0 Å². The van der Waals surface area contributed by atoms with Gasteiger partial charge in [-0.2, -0.15) is 0 Å². The van der Waals surface area contributed by atoms with Gasteiger partial charge in [0.15, 0.2) is 5.78 Å². The van der Waals surface area contributed by atoms with Crippen LogP contribution in [0.5, 0.6) is 5.75 Å². The van der Waals surface area contributed by atoms with Crippen molar-refractivity contribution in [3.05, 3.63) is 71.9 Å². The van der Waals surface area contributed by atoms with Crippen LogP contribution in [0.2, 0.25) is 0 Å². The fraction of sp³-hybridized carbons (Fsp3) is 0.0588. The number of ether oxygens (including phenoxy) is 1. The van der Waals surface area contributed by atoms with Crippen molar-refractivity contribution in [2.45, 2.75) is 6.36 Å². The fourth-order valence-electron chi connectivity index (χ4n) is 1.86. The van der Waals surface area contributed by atoms with E-state index in [1.54, 1.807) is 18.2 Å². The van der Waals surface area contributed by atoms with Crippen molar-refractivity contribution in [3.63, 3.8) is 0 Å². The molecule has 2 aromatic rings. The summed E-state index contributed by atoms with van der Waals surface area (Å²) in [5, 5.41) is 13.6. The van der Waals surface area contributed by atoms with Crippen LogP contribution in [-0.2, 0) is 4.79 Å². The van der Waals surface area contributed by atoms with Crippen molar-refractivity contribution in [2.24, 2.45) is 0 Å². The third kappa shape index (κ3) is 5.69. The van der Waals surface area contributed by atoms with Gasteiger partial charge in [0.1, 0.15) is 5.75 Å². The van der Waals surface area contributed by atoms with Crippen LogP contribution in [0.4, 0.5) is 18.9 Å². The molecule has 5 nitrogen and oxygen atoms in total. The van der Waals surface area contributed by atoms with Gasteiger partial charge in [0.25, 0.3) is 0 Å². The molecular formula is C17H11F3NO4-. The number of carboxylic acids is 1. The van der Waals surface area contributed by atoms with Gasteiger partial charge in [-0.1, -0.05) is 30.3 Å². The van der Waals surface area contributed by atoms with Crippen molar-refractivity contribution in [1.29, 1.82) is 0 Å². The van der Waals surface area contributed by atoms with Crippen LogP contribution >= 0.6 is 0 Å². The molecule has 0 atom stereocenters. The highest BCUT2D eigenvalue weighted by Gasteiger charge is 2.30. The summed E-state index contributed by atoms with van der Waals surface area (Å²) < 4.78 is 40.0. The van der Waals surface area contributed by atoms with Gasteiger partial charge in [-0.25, -0.2) is 0 Å². The quantitative estimate of drug-likeness (QED) is 0.640. The summed E-state index contributed by atoms with van der Waals surface area (Å²) in [7, 11) is 0. The van der Waals surface area contributed by atoms with Gasteiger partial charge in [-0.15, -0.1) is 13.2 Å². The molecule has 2 aromatic carbocycles. The molecule has 0 saturated heterocycles. The molecule has 25 heavy (non-hydrogen) atoms. The molecule has 0 aliphatic heterocycles. The number of aliphatic carboxylic acids is 1. The Balaban J connectivity index is 2.15. The van der Waals surface area contributed by atoms with Crippen LogP contribution in [0.3, 0.4) is 0 Å². The maximum atomic E-state index is 12.1. The van der Waals surface area contributed by atoms with Gasteiger partial charge in [0, 0.05) is 17.3 Å². The summed E-state index contributed by atoms with van der Waals surface area (Å²) >= 11 is 0. The maximum absolute atomic E-state index is 12.1. The number of carbonyl (C=O) groups excluding carboxylic acids is 2. The summed E-state index contributed by atoms with van der Waals surface area (Å²) in [5.74, 6) is -2.67. The zero-order valence-electron chi connectivity index (χ0n) is 12.5. The number of carboxylic acid groups (broad SMARTS) is 1. The van der Waals surface area contributed by atoms with E-state index in [-0.39, 0.29) is 11.3 Å². The number of benzene rings is 2. The summed E-state index contributed by atoms with van der Waals surface area (Å²) in [4.78, 5) is 23.2. The first-order valence-corrected chi connectivity index (χ1v) is 6.90. The number of allylic oxidation sites excluding steroid dienone is 1. The minimum Gasteiger partial charge on any atom is -0.543 e. The second-order valence-electron chi connectivity index (χ2n) is 4.77. The molecule has 8 heteroatoms. The average Bonchev–Trinajstić information content (AvgIpc) is 2.55. The van der Waals surface area contributed by atoms with Crippen molar-refractivity contribution in [2.75, 3.05) is 5.32 Å². The van der Waals surface area contributed by atoms with Gasteiger partial charge in [-0.05, 0) is 24.3 Å². The second-order valence-corrected chi connectivity index (χ2v) is 4.77. The van der Waals surface area contributed by atoms with Crippen molar-refractivity contribution in [3.8, 4) is 5.75 Å². The van der Waals surface area contributed by atoms with Crippen molar-refractivity contribution in [1.82, 2.24) is 0 Å². The number of ketones is 1. The Bertz CT molecular complexity index is 784. The minimum absolute atomic E-state index is 0.144. The molecule has 130 valence electrons. The first-order valence-electron chi connectivity index (χ1n) is 6.90. The van der Waals surface area contributed by atoms with Crippen LogP contribution in [0.15, 0.2) is 66.4 Å². The largest absolute Gasteiger partial charge is 0.573 e. The zero-order chi connectivity index (χ0) is 18.4. The summed E-state index contributed by atoms with van der Waals surface area (Å²) in [6.07, 6.45) is -3.99. The molecule has 0 heterocycles. The summed E-state index contributed by atoms with van der Waals surface area (Å²) in [6, 6.07) is 12.3. The van der Waals surface area contributed by atoms with E-state index in [1.807, 2.05) is 0 Å². The van der Waals surface area contributed by atoms with E-state index in [4.69, 9.17) is 0 Å². The highest BCUT2D eigenvalue weighted by molar-refractivity contribution is 6.08. The fourth-order valence-corrected chi connectivity index (χ4v) is 1.86. The molecule has 0 aliphatic rings. The van der Waals surface area contributed by atoms with E-state index in [9.17, 15) is 27.9 Å². The minimum atomic E-state index is -4.83. The number of halogens is 3. The molecule has 0 amide bonds. The summed E-state index contributed by atoms with van der Waals surface area (Å²) in [5.41, 5.74) is -0.110. The molecule has 0 bridgehead atoms. The lowest BCUT2D eigenvalue weighted by Gasteiger charge is -2.13. The number of hydrogen-bond acceptors (Lipinski definition) is 5. The predicted molar refractivity (Wildman–Crippen MR) is 80.6 cm³/mol. The highest BCUT2D eigenvalue weighted by atomic mass is 19.4. The van der Waals surface area contributed by atoms with Crippen molar-refractivity contribution < 1.29 is 32.6 Å². The lowest BCUT2D eigenvalue weighted by atomic mass is 10.1.